The van der Waals surface area contributed by atoms with Crippen molar-refractivity contribution < 1.29 is 13.2 Å². The molecule has 0 unspecified atom stereocenters. The molecule has 12 heavy (non-hydrogen) atoms. The molecule has 0 radical (unpaired) electrons. The molecule has 0 aromatic rings. The van der Waals surface area contributed by atoms with Crippen molar-refractivity contribution in [2.45, 2.75) is 44.5 Å². The molecule has 74 valence electrons. The van der Waals surface area contributed by atoms with E-state index in [0.717, 1.165) is 0 Å². The molecule has 0 aliphatic rings. The fourth-order valence-corrected chi connectivity index (χ4v) is 1.55. The normalized spacial score (nSPS) is 13.5. The summed E-state index contributed by atoms with van der Waals surface area (Å²) < 4.78 is 35.1. The van der Waals surface area contributed by atoms with Gasteiger partial charge in [-0.05, 0) is 12.2 Å². The second-order valence-corrected chi connectivity index (χ2v) is 5.60. The Kier molecular flexibility index (Phi) is 4.45. The summed E-state index contributed by atoms with van der Waals surface area (Å²) in [6, 6.07) is 0. The highest BCUT2D eigenvalue weighted by atomic mass is 32.2. The zero-order valence-corrected chi connectivity index (χ0v) is 8.48. The minimum Gasteiger partial charge on any atom is -0.171 e. The van der Waals surface area contributed by atoms with Gasteiger partial charge in [0.15, 0.2) is 0 Å². The summed E-state index contributed by atoms with van der Waals surface area (Å²) >= 11 is 1.57. The van der Waals surface area contributed by atoms with Crippen LogP contribution in [-0.4, -0.2) is 16.7 Å². The predicted octanol–water partition coefficient (Wildman–Crippen LogP) is 3.86. The van der Waals surface area contributed by atoms with Crippen molar-refractivity contribution in [3.05, 3.63) is 0 Å². The van der Waals surface area contributed by atoms with E-state index in [2.05, 4.69) is 0 Å². The number of rotatable bonds is 3. The molecule has 0 aliphatic carbocycles. The van der Waals surface area contributed by atoms with Gasteiger partial charge in [-0.25, -0.2) is 0 Å². The van der Waals surface area contributed by atoms with Gasteiger partial charge in [0, 0.05) is 11.2 Å². The van der Waals surface area contributed by atoms with Gasteiger partial charge < -0.3 is 0 Å². The first-order chi connectivity index (χ1) is 5.21. The third-order valence-electron chi connectivity index (χ3n) is 1.14. The summed E-state index contributed by atoms with van der Waals surface area (Å²) in [5, 5.41) is 0. The van der Waals surface area contributed by atoms with E-state index in [9.17, 15) is 13.2 Å². The lowest BCUT2D eigenvalue weighted by Gasteiger charge is -2.17. The van der Waals surface area contributed by atoms with Crippen LogP contribution in [0.5, 0.6) is 0 Å². The van der Waals surface area contributed by atoms with Gasteiger partial charge in [0.1, 0.15) is 0 Å². The largest absolute Gasteiger partial charge is 0.389 e. The van der Waals surface area contributed by atoms with Crippen LogP contribution in [0.15, 0.2) is 0 Å². The van der Waals surface area contributed by atoms with Gasteiger partial charge >= 0.3 is 6.18 Å². The van der Waals surface area contributed by atoms with Gasteiger partial charge in [-0.3, -0.25) is 0 Å². The minimum absolute atomic E-state index is 0.0750. The van der Waals surface area contributed by atoms with Crippen molar-refractivity contribution in [2.75, 3.05) is 5.75 Å². The summed E-state index contributed by atoms with van der Waals surface area (Å²) in [6.07, 6.45) is -4.42. The van der Waals surface area contributed by atoms with E-state index in [1.54, 1.807) is 11.8 Å². The van der Waals surface area contributed by atoms with Crippen LogP contribution >= 0.6 is 11.8 Å². The smallest absolute Gasteiger partial charge is 0.171 e. The average Bonchev–Trinajstić information content (AvgIpc) is 1.76. The molecule has 0 saturated heterocycles. The second-order valence-electron chi connectivity index (χ2n) is 3.68. The maximum atomic E-state index is 11.7. The van der Waals surface area contributed by atoms with Gasteiger partial charge in [-0.15, -0.1) is 0 Å². The van der Waals surface area contributed by atoms with Crippen LogP contribution in [0.3, 0.4) is 0 Å². The first-order valence-corrected chi connectivity index (χ1v) is 4.90. The Bertz CT molecular complexity index is 107. The van der Waals surface area contributed by atoms with Crippen LogP contribution in [0, 0.1) is 0 Å². The Morgan fingerprint density at radius 3 is 1.92 bits per heavy atom. The number of thioether (sulfide) groups is 1. The lowest BCUT2D eigenvalue weighted by Crippen LogP contribution is -2.11. The Balaban J connectivity index is 3.35. The summed E-state index contributed by atoms with van der Waals surface area (Å²) in [5.74, 6) is 0.586. The second kappa shape index (κ2) is 4.40. The van der Waals surface area contributed by atoms with E-state index in [1.807, 2.05) is 20.8 Å². The Labute approximate surface area is 75.9 Å². The molecular formula is C8H15F3S. The topological polar surface area (TPSA) is 0 Å². The third kappa shape index (κ3) is 10.1. The van der Waals surface area contributed by atoms with Crippen molar-refractivity contribution in [2.24, 2.45) is 0 Å². The van der Waals surface area contributed by atoms with Crippen molar-refractivity contribution in [1.82, 2.24) is 0 Å². The fourth-order valence-electron chi connectivity index (χ4n) is 0.651. The highest BCUT2D eigenvalue weighted by Gasteiger charge is 2.26. The van der Waals surface area contributed by atoms with Crippen LogP contribution in [-0.2, 0) is 0 Å². The molecule has 0 spiro atoms. The average molecular weight is 200 g/mol. The van der Waals surface area contributed by atoms with Crippen LogP contribution < -0.4 is 0 Å². The van der Waals surface area contributed by atoms with E-state index >= 15 is 0 Å². The molecule has 0 amide bonds. The first kappa shape index (κ1) is 12.1. The highest BCUT2D eigenvalue weighted by molar-refractivity contribution is 8.00. The lowest BCUT2D eigenvalue weighted by molar-refractivity contribution is -0.134. The number of halogens is 3. The third-order valence-corrected chi connectivity index (χ3v) is 2.50. The number of hydrogen-bond acceptors (Lipinski definition) is 1. The van der Waals surface area contributed by atoms with Crippen molar-refractivity contribution >= 4 is 11.8 Å². The van der Waals surface area contributed by atoms with Crippen LogP contribution in [0.1, 0.15) is 33.6 Å². The van der Waals surface area contributed by atoms with Gasteiger partial charge in [0.2, 0.25) is 0 Å². The predicted molar refractivity (Wildman–Crippen MR) is 47.5 cm³/mol. The molecule has 0 rings (SSSR count). The molecule has 0 aromatic carbocycles. The van der Waals surface area contributed by atoms with Crippen molar-refractivity contribution in [3.8, 4) is 0 Å². The Hall–Kier alpha value is 0.140. The maximum Gasteiger partial charge on any atom is 0.389 e. The Morgan fingerprint density at radius 1 is 1.08 bits per heavy atom. The minimum atomic E-state index is -3.99. The molecule has 0 bridgehead atoms. The molecule has 0 N–H and O–H groups in total. The summed E-state index contributed by atoms with van der Waals surface area (Å²) in [5.41, 5.74) is 0. The maximum absolute atomic E-state index is 11.7. The van der Waals surface area contributed by atoms with Crippen LogP contribution in [0.4, 0.5) is 13.2 Å². The lowest BCUT2D eigenvalue weighted by atomic mass is 10.3. The van der Waals surface area contributed by atoms with Gasteiger partial charge in [-0.2, -0.15) is 24.9 Å². The molecule has 0 nitrogen and oxygen atoms in total. The van der Waals surface area contributed by atoms with E-state index < -0.39 is 12.6 Å². The van der Waals surface area contributed by atoms with Gasteiger partial charge in [0.05, 0.1) is 0 Å². The molecular weight excluding hydrogens is 185 g/mol. The highest BCUT2D eigenvalue weighted by Crippen LogP contribution is 2.27. The molecule has 0 aliphatic heterocycles. The zero-order valence-electron chi connectivity index (χ0n) is 7.66. The monoisotopic (exact) mass is 200 g/mol. The van der Waals surface area contributed by atoms with Crippen molar-refractivity contribution in [1.29, 1.82) is 0 Å². The fraction of sp³-hybridized carbons (Fsp3) is 1.00. The van der Waals surface area contributed by atoms with Crippen LogP contribution in [0.2, 0.25) is 0 Å². The van der Waals surface area contributed by atoms with E-state index in [0.29, 0.717) is 5.75 Å². The summed E-state index contributed by atoms with van der Waals surface area (Å²) in [4.78, 5) is 0. The van der Waals surface area contributed by atoms with E-state index in [1.165, 1.54) is 0 Å². The zero-order chi connectivity index (χ0) is 9.83. The quantitative estimate of drug-likeness (QED) is 0.623. The molecule has 0 saturated carbocycles. The Morgan fingerprint density at radius 2 is 1.58 bits per heavy atom. The molecule has 0 fully saturated rings. The number of alkyl halides is 3. The standard InChI is InChI=1S/C8H15F3S/c1-7(2,3)12-6-4-5-8(9,10)11/h4-6H2,1-3H3. The van der Waals surface area contributed by atoms with Crippen LogP contribution in [0.25, 0.3) is 0 Å². The SMILES string of the molecule is CC(C)(C)SCCCC(F)(F)F. The van der Waals surface area contributed by atoms with Gasteiger partial charge in [-0.1, -0.05) is 20.8 Å². The number of hydrogen-bond donors (Lipinski definition) is 0. The first-order valence-electron chi connectivity index (χ1n) is 3.91. The van der Waals surface area contributed by atoms with Crippen molar-refractivity contribution in [3.63, 3.8) is 0 Å². The van der Waals surface area contributed by atoms with E-state index in [4.69, 9.17) is 0 Å². The summed E-state index contributed by atoms with van der Waals surface area (Å²) in [6.45, 7) is 6.02. The van der Waals surface area contributed by atoms with Gasteiger partial charge in [0.25, 0.3) is 0 Å². The van der Waals surface area contributed by atoms with E-state index in [-0.39, 0.29) is 11.2 Å². The molecule has 0 atom stereocenters. The molecule has 0 aromatic heterocycles. The summed E-state index contributed by atoms with van der Waals surface area (Å²) in [7, 11) is 0. The molecule has 4 heteroatoms. The molecule has 0 heterocycles.